The monoisotopic (exact) mass is 277 g/mol. The Balaban J connectivity index is 2.26. The third kappa shape index (κ3) is 3.55. The molecule has 1 aromatic rings. The quantitative estimate of drug-likeness (QED) is 0.810. The molecule has 0 aliphatic heterocycles. The summed E-state index contributed by atoms with van der Waals surface area (Å²) in [4.78, 5) is 9.40. The van der Waals surface area contributed by atoms with Gasteiger partial charge in [0.05, 0.1) is 0 Å². The van der Waals surface area contributed by atoms with Crippen LogP contribution in [-0.4, -0.2) is 23.1 Å². The second kappa shape index (κ2) is 7.70. The summed E-state index contributed by atoms with van der Waals surface area (Å²) >= 11 is 0. The average molecular weight is 277 g/mol. The van der Waals surface area contributed by atoms with Crippen LogP contribution in [0.5, 0.6) is 0 Å². The molecule has 2 atom stereocenters. The van der Waals surface area contributed by atoms with E-state index in [-0.39, 0.29) is 6.10 Å². The average Bonchev–Trinajstić information content (AvgIpc) is 2.67. The summed E-state index contributed by atoms with van der Waals surface area (Å²) in [6, 6.07) is 0.415. The molecular weight excluding hydrogens is 250 g/mol. The third-order valence-electron chi connectivity index (χ3n) is 3.93. The van der Waals surface area contributed by atoms with Crippen LogP contribution in [0.15, 0.2) is 6.20 Å². The molecule has 0 aromatic carbocycles. The van der Waals surface area contributed by atoms with Gasteiger partial charge in [0.15, 0.2) is 5.82 Å². The van der Waals surface area contributed by atoms with Gasteiger partial charge in [0.25, 0.3) is 0 Å². The molecule has 0 bridgehead atoms. The molecule has 2 rings (SSSR count). The Morgan fingerprint density at radius 1 is 1.35 bits per heavy atom. The molecular formula is C16H27N3O. The first kappa shape index (κ1) is 15.4. The lowest BCUT2D eigenvalue weighted by Gasteiger charge is -2.19. The lowest BCUT2D eigenvalue weighted by molar-refractivity contribution is 0.0532. The summed E-state index contributed by atoms with van der Waals surface area (Å²) < 4.78 is 5.73. The Kier molecular flexibility index (Phi) is 5.92. The van der Waals surface area contributed by atoms with Crippen LogP contribution in [-0.2, 0) is 11.2 Å². The van der Waals surface area contributed by atoms with Crippen LogP contribution in [0.3, 0.4) is 0 Å². The smallest absolute Gasteiger partial charge is 0.157 e. The zero-order valence-corrected chi connectivity index (χ0v) is 13.0. The molecule has 0 amide bonds. The standard InChI is InChI=1S/C16H27N3O/c1-4-15(20-6-3)16-18-11-12-13(17-5-2)9-7-8-10-14(12)19-16/h11,13,15,17H,4-10H2,1-3H3. The van der Waals surface area contributed by atoms with E-state index in [1.165, 1.54) is 30.5 Å². The highest BCUT2D eigenvalue weighted by molar-refractivity contribution is 5.23. The second-order valence-corrected chi connectivity index (χ2v) is 5.34. The van der Waals surface area contributed by atoms with E-state index in [0.29, 0.717) is 12.6 Å². The molecule has 1 aliphatic carbocycles. The largest absolute Gasteiger partial charge is 0.371 e. The van der Waals surface area contributed by atoms with Crippen molar-refractivity contribution in [2.45, 2.75) is 65.0 Å². The van der Waals surface area contributed by atoms with E-state index in [1.54, 1.807) is 0 Å². The van der Waals surface area contributed by atoms with E-state index < -0.39 is 0 Å². The van der Waals surface area contributed by atoms with Crippen LogP contribution in [0.2, 0.25) is 0 Å². The lowest BCUT2D eigenvalue weighted by atomic mass is 10.0. The van der Waals surface area contributed by atoms with Gasteiger partial charge in [0, 0.05) is 30.1 Å². The first-order valence-electron chi connectivity index (χ1n) is 8.00. The molecule has 4 heteroatoms. The second-order valence-electron chi connectivity index (χ2n) is 5.34. The Hall–Kier alpha value is -1.00. The summed E-state index contributed by atoms with van der Waals surface area (Å²) in [6.45, 7) is 7.99. The molecule has 4 nitrogen and oxygen atoms in total. The Morgan fingerprint density at radius 2 is 2.20 bits per heavy atom. The minimum absolute atomic E-state index is 0.0335. The normalized spacial score (nSPS) is 20.2. The number of nitrogens with zero attached hydrogens (tertiary/aromatic N) is 2. The number of ether oxygens (including phenoxy) is 1. The van der Waals surface area contributed by atoms with Gasteiger partial charge in [-0.15, -0.1) is 0 Å². The molecule has 1 heterocycles. The van der Waals surface area contributed by atoms with Crippen LogP contribution in [0.1, 0.15) is 75.7 Å². The summed E-state index contributed by atoms with van der Waals surface area (Å²) in [6.07, 6.45) is 7.71. The number of hydrogen-bond acceptors (Lipinski definition) is 4. The topological polar surface area (TPSA) is 47.0 Å². The summed E-state index contributed by atoms with van der Waals surface area (Å²) in [5, 5.41) is 3.56. The number of aromatic nitrogens is 2. The highest BCUT2D eigenvalue weighted by atomic mass is 16.5. The number of hydrogen-bond donors (Lipinski definition) is 1. The molecule has 0 saturated carbocycles. The zero-order valence-electron chi connectivity index (χ0n) is 13.0. The van der Waals surface area contributed by atoms with Gasteiger partial charge in [-0.05, 0) is 39.2 Å². The van der Waals surface area contributed by atoms with E-state index in [0.717, 1.165) is 25.2 Å². The van der Waals surface area contributed by atoms with Gasteiger partial charge in [-0.2, -0.15) is 0 Å². The number of nitrogens with one attached hydrogen (secondary N) is 1. The van der Waals surface area contributed by atoms with Crippen LogP contribution >= 0.6 is 0 Å². The third-order valence-corrected chi connectivity index (χ3v) is 3.93. The van der Waals surface area contributed by atoms with Crippen molar-refractivity contribution in [2.75, 3.05) is 13.2 Å². The van der Waals surface area contributed by atoms with Crippen molar-refractivity contribution in [3.05, 3.63) is 23.3 Å². The van der Waals surface area contributed by atoms with Gasteiger partial charge < -0.3 is 10.1 Å². The van der Waals surface area contributed by atoms with Gasteiger partial charge >= 0.3 is 0 Å². The number of fused-ring (bicyclic) bond motifs is 1. The highest BCUT2D eigenvalue weighted by Gasteiger charge is 2.21. The first-order valence-corrected chi connectivity index (χ1v) is 8.00. The van der Waals surface area contributed by atoms with Crippen LogP contribution in [0.25, 0.3) is 0 Å². The lowest BCUT2D eigenvalue weighted by Crippen LogP contribution is -2.22. The number of aryl methyl sites for hydroxylation is 1. The van der Waals surface area contributed by atoms with Crippen molar-refractivity contribution in [3.8, 4) is 0 Å². The van der Waals surface area contributed by atoms with E-state index in [1.807, 2.05) is 13.1 Å². The van der Waals surface area contributed by atoms with Crippen LogP contribution < -0.4 is 5.32 Å². The van der Waals surface area contributed by atoms with Crippen molar-refractivity contribution in [1.82, 2.24) is 15.3 Å². The molecule has 0 saturated heterocycles. The predicted octanol–water partition coefficient (Wildman–Crippen LogP) is 3.34. The fourth-order valence-corrected chi connectivity index (χ4v) is 2.92. The van der Waals surface area contributed by atoms with Gasteiger partial charge in [0.2, 0.25) is 0 Å². The van der Waals surface area contributed by atoms with E-state index in [9.17, 15) is 0 Å². The van der Waals surface area contributed by atoms with E-state index >= 15 is 0 Å². The summed E-state index contributed by atoms with van der Waals surface area (Å²) in [5.41, 5.74) is 2.51. The van der Waals surface area contributed by atoms with Crippen LogP contribution in [0, 0.1) is 0 Å². The fraction of sp³-hybridized carbons (Fsp3) is 0.750. The van der Waals surface area contributed by atoms with Gasteiger partial charge in [-0.3, -0.25) is 0 Å². The van der Waals surface area contributed by atoms with Crippen molar-refractivity contribution in [2.24, 2.45) is 0 Å². The molecule has 0 radical (unpaired) electrons. The maximum Gasteiger partial charge on any atom is 0.157 e. The summed E-state index contributed by atoms with van der Waals surface area (Å²) in [7, 11) is 0. The molecule has 1 aromatic heterocycles. The fourth-order valence-electron chi connectivity index (χ4n) is 2.92. The zero-order chi connectivity index (χ0) is 14.4. The highest BCUT2D eigenvalue weighted by Crippen LogP contribution is 2.28. The Morgan fingerprint density at radius 3 is 2.90 bits per heavy atom. The Bertz CT molecular complexity index is 422. The van der Waals surface area contributed by atoms with E-state index in [4.69, 9.17) is 9.72 Å². The molecule has 1 aliphatic rings. The number of rotatable bonds is 6. The molecule has 0 fully saturated rings. The predicted molar refractivity (Wildman–Crippen MR) is 80.7 cm³/mol. The minimum Gasteiger partial charge on any atom is -0.371 e. The molecule has 2 unspecified atom stereocenters. The first-order chi connectivity index (χ1) is 9.80. The van der Waals surface area contributed by atoms with Gasteiger partial charge in [0.1, 0.15) is 6.10 Å². The molecule has 20 heavy (non-hydrogen) atoms. The van der Waals surface area contributed by atoms with E-state index in [2.05, 4.69) is 24.1 Å². The van der Waals surface area contributed by atoms with Crippen molar-refractivity contribution in [3.63, 3.8) is 0 Å². The van der Waals surface area contributed by atoms with Crippen LogP contribution in [0.4, 0.5) is 0 Å². The van der Waals surface area contributed by atoms with Gasteiger partial charge in [-0.1, -0.05) is 20.3 Å². The molecule has 112 valence electrons. The summed E-state index contributed by atoms with van der Waals surface area (Å²) in [5.74, 6) is 0.852. The maximum absolute atomic E-state index is 5.73. The maximum atomic E-state index is 5.73. The molecule has 0 spiro atoms. The van der Waals surface area contributed by atoms with Crippen molar-refractivity contribution < 1.29 is 4.74 Å². The minimum atomic E-state index is 0.0335. The SMILES string of the molecule is CCNC1CCCCc2nc(C(CC)OCC)ncc21. The molecule has 1 N–H and O–H groups in total. The Labute approximate surface area is 122 Å². The van der Waals surface area contributed by atoms with Gasteiger partial charge in [-0.25, -0.2) is 9.97 Å². The van der Waals surface area contributed by atoms with Crippen molar-refractivity contribution >= 4 is 0 Å². The van der Waals surface area contributed by atoms with Crippen molar-refractivity contribution in [1.29, 1.82) is 0 Å².